The van der Waals surface area contributed by atoms with Gasteiger partial charge < -0.3 is 18.9 Å². The van der Waals surface area contributed by atoms with Gasteiger partial charge in [0.1, 0.15) is 0 Å². The molecule has 8 nitrogen and oxygen atoms in total. The zero-order valence-electron chi connectivity index (χ0n) is 13.3. The van der Waals surface area contributed by atoms with E-state index >= 15 is 0 Å². The molecule has 0 aromatic carbocycles. The predicted molar refractivity (Wildman–Crippen MR) is 73.6 cm³/mol. The number of esters is 4. The largest absolute Gasteiger partial charge is 0.466 e. The Morgan fingerprint density at radius 2 is 0.955 bits per heavy atom. The average molecular weight is 318 g/mol. The van der Waals surface area contributed by atoms with Gasteiger partial charge in [-0.15, -0.1) is 0 Å². The van der Waals surface area contributed by atoms with E-state index in [-0.39, 0.29) is 26.4 Å². The number of rotatable bonds is 9. The first-order valence-corrected chi connectivity index (χ1v) is 7.07. The van der Waals surface area contributed by atoms with Crippen molar-refractivity contribution in [3.8, 4) is 0 Å². The highest BCUT2D eigenvalue weighted by Crippen LogP contribution is 2.29. The van der Waals surface area contributed by atoms with Gasteiger partial charge in [-0.3, -0.25) is 19.2 Å². The fraction of sp³-hybridized carbons (Fsp3) is 0.714. The van der Waals surface area contributed by atoms with E-state index in [4.69, 9.17) is 18.9 Å². The van der Waals surface area contributed by atoms with Crippen molar-refractivity contribution in [2.45, 2.75) is 34.1 Å². The molecule has 0 aromatic rings. The van der Waals surface area contributed by atoms with Gasteiger partial charge in [-0.2, -0.15) is 0 Å². The van der Waals surface area contributed by atoms with Gasteiger partial charge in [0.05, 0.1) is 32.8 Å². The summed E-state index contributed by atoms with van der Waals surface area (Å²) in [4.78, 5) is 48.4. The second-order valence-corrected chi connectivity index (χ2v) is 4.05. The summed E-state index contributed by atoms with van der Waals surface area (Å²) in [6.07, 6.45) is -0.836. The molecule has 0 saturated heterocycles. The molecule has 0 aliphatic rings. The third-order valence-electron chi connectivity index (χ3n) is 2.59. The standard InChI is InChI=1S/C14H22O8/c1-5-19-10(15)9-14(11(16)20-6-2,12(17)21-7-3)13(18)22-8-4/h5-9H2,1-4H3. The van der Waals surface area contributed by atoms with Crippen LogP contribution >= 0.6 is 0 Å². The van der Waals surface area contributed by atoms with Crippen LogP contribution in [0.4, 0.5) is 0 Å². The molecule has 0 atom stereocenters. The lowest BCUT2D eigenvalue weighted by molar-refractivity contribution is -0.187. The second-order valence-electron chi connectivity index (χ2n) is 4.05. The molecular formula is C14H22O8. The van der Waals surface area contributed by atoms with Crippen molar-refractivity contribution in [3.05, 3.63) is 0 Å². The van der Waals surface area contributed by atoms with E-state index in [1.165, 1.54) is 20.8 Å². The molecule has 0 saturated carbocycles. The maximum Gasteiger partial charge on any atom is 0.335 e. The number of ether oxygens (including phenoxy) is 4. The lowest BCUT2D eigenvalue weighted by atomic mass is 9.84. The molecule has 8 heteroatoms. The number of carbonyl (C=O) groups excluding carboxylic acids is 4. The Morgan fingerprint density at radius 3 is 1.23 bits per heavy atom. The molecule has 0 bridgehead atoms. The molecule has 0 spiro atoms. The van der Waals surface area contributed by atoms with Crippen LogP contribution in [0.5, 0.6) is 0 Å². The lowest BCUT2D eigenvalue weighted by Gasteiger charge is -2.26. The summed E-state index contributed by atoms with van der Waals surface area (Å²) in [6, 6.07) is 0. The van der Waals surface area contributed by atoms with Gasteiger partial charge in [-0.1, -0.05) is 0 Å². The Morgan fingerprint density at radius 1 is 0.636 bits per heavy atom. The summed E-state index contributed by atoms with van der Waals surface area (Å²) in [5, 5.41) is 0. The van der Waals surface area contributed by atoms with Crippen molar-refractivity contribution in [2.75, 3.05) is 26.4 Å². The van der Waals surface area contributed by atoms with Gasteiger partial charge in [0.2, 0.25) is 0 Å². The smallest absolute Gasteiger partial charge is 0.335 e. The van der Waals surface area contributed by atoms with Crippen LogP contribution in [0.3, 0.4) is 0 Å². The van der Waals surface area contributed by atoms with E-state index in [1.807, 2.05) is 0 Å². The van der Waals surface area contributed by atoms with Crippen LogP contribution in [0.2, 0.25) is 0 Å². The third-order valence-corrected chi connectivity index (χ3v) is 2.59. The Hall–Kier alpha value is -2.12. The summed E-state index contributed by atoms with van der Waals surface area (Å²) in [7, 11) is 0. The van der Waals surface area contributed by atoms with Crippen LogP contribution in [-0.4, -0.2) is 50.3 Å². The molecular weight excluding hydrogens is 296 g/mol. The molecule has 0 radical (unpaired) electrons. The van der Waals surface area contributed by atoms with Crippen molar-refractivity contribution < 1.29 is 38.1 Å². The van der Waals surface area contributed by atoms with Gasteiger partial charge in [-0.05, 0) is 27.7 Å². The van der Waals surface area contributed by atoms with E-state index in [9.17, 15) is 19.2 Å². The van der Waals surface area contributed by atoms with E-state index in [1.54, 1.807) is 6.92 Å². The Bertz CT molecular complexity index is 370. The van der Waals surface area contributed by atoms with Crippen LogP contribution in [0.15, 0.2) is 0 Å². The molecule has 0 aliphatic carbocycles. The van der Waals surface area contributed by atoms with Crippen molar-refractivity contribution in [2.24, 2.45) is 5.41 Å². The van der Waals surface area contributed by atoms with Crippen LogP contribution in [0.1, 0.15) is 34.1 Å². The molecule has 0 N–H and O–H groups in total. The molecule has 0 fully saturated rings. The quantitative estimate of drug-likeness (QED) is 0.346. The number of carbonyl (C=O) groups is 4. The Labute approximate surface area is 129 Å². The van der Waals surface area contributed by atoms with Gasteiger partial charge in [-0.25, -0.2) is 0 Å². The molecule has 126 valence electrons. The minimum absolute atomic E-state index is 0.0311. The highest BCUT2D eigenvalue weighted by molar-refractivity contribution is 6.19. The monoisotopic (exact) mass is 318 g/mol. The Balaban J connectivity index is 5.78. The van der Waals surface area contributed by atoms with Gasteiger partial charge in [0.15, 0.2) is 0 Å². The molecule has 0 aliphatic heterocycles. The predicted octanol–water partition coefficient (Wildman–Crippen LogP) is 0.615. The molecule has 0 aromatic heterocycles. The third kappa shape index (κ3) is 4.71. The topological polar surface area (TPSA) is 105 Å². The SMILES string of the molecule is CCOC(=O)CC(C(=O)OCC)(C(=O)OCC)C(=O)OCC. The summed E-state index contributed by atoms with van der Waals surface area (Å²) in [6.45, 7) is 5.85. The fourth-order valence-electron chi connectivity index (χ4n) is 1.66. The summed E-state index contributed by atoms with van der Waals surface area (Å²) in [5.41, 5.74) is -2.51. The van der Waals surface area contributed by atoms with Gasteiger partial charge >= 0.3 is 23.9 Å². The molecule has 0 rings (SSSR count). The highest BCUT2D eigenvalue weighted by Gasteiger charge is 2.59. The van der Waals surface area contributed by atoms with Crippen molar-refractivity contribution in [3.63, 3.8) is 0 Å². The summed E-state index contributed by atoms with van der Waals surface area (Å²) < 4.78 is 19.0. The zero-order valence-corrected chi connectivity index (χ0v) is 13.3. The van der Waals surface area contributed by atoms with Crippen LogP contribution < -0.4 is 0 Å². The van der Waals surface area contributed by atoms with E-state index in [0.29, 0.717) is 0 Å². The maximum absolute atomic E-state index is 12.2. The van der Waals surface area contributed by atoms with Crippen LogP contribution in [-0.2, 0) is 38.1 Å². The molecule has 22 heavy (non-hydrogen) atoms. The van der Waals surface area contributed by atoms with Gasteiger partial charge in [0.25, 0.3) is 5.41 Å². The summed E-state index contributed by atoms with van der Waals surface area (Å²) in [5.74, 6) is -4.49. The molecule has 0 amide bonds. The number of hydrogen-bond donors (Lipinski definition) is 0. The number of hydrogen-bond acceptors (Lipinski definition) is 8. The van der Waals surface area contributed by atoms with E-state index < -0.39 is 35.7 Å². The van der Waals surface area contributed by atoms with Crippen molar-refractivity contribution >= 4 is 23.9 Å². The molecule has 0 unspecified atom stereocenters. The summed E-state index contributed by atoms with van der Waals surface area (Å²) >= 11 is 0. The Kier molecular flexibility index (Phi) is 8.81. The first kappa shape index (κ1) is 19.9. The first-order chi connectivity index (χ1) is 10.4. The van der Waals surface area contributed by atoms with Gasteiger partial charge in [0, 0.05) is 0 Å². The zero-order chi connectivity index (χ0) is 17.2. The van der Waals surface area contributed by atoms with Crippen molar-refractivity contribution in [1.29, 1.82) is 0 Å². The minimum Gasteiger partial charge on any atom is -0.466 e. The maximum atomic E-state index is 12.2. The second kappa shape index (κ2) is 9.75. The first-order valence-electron chi connectivity index (χ1n) is 7.07. The van der Waals surface area contributed by atoms with Crippen molar-refractivity contribution in [1.82, 2.24) is 0 Å². The fourth-order valence-corrected chi connectivity index (χ4v) is 1.66. The average Bonchev–Trinajstić information content (AvgIpc) is 2.45. The van der Waals surface area contributed by atoms with E-state index in [0.717, 1.165) is 0 Å². The van der Waals surface area contributed by atoms with Crippen LogP contribution in [0, 0.1) is 5.41 Å². The van der Waals surface area contributed by atoms with E-state index in [2.05, 4.69) is 0 Å². The highest BCUT2D eigenvalue weighted by atomic mass is 16.6. The van der Waals surface area contributed by atoms with Crippen LogP contribution in [0.25, 0.3) is 0 Å². The minimum atomic E-state index is -2.51. The molecule has 0 heterocycles. The normalized spacial score (nSPS) is 10.5. The lowest BCUT2D eigenvalue weighted by Crippen LogP contribution is -2.51.